The van der Waals surface area contributed by atoms with Crippen LogP contribution in [-0.2, 0) is 0 Å². The van der Waals surface area contributed by atoms with Crippen LogP contribution in [-0.4, -0.2) is 0 Å². The van der Waals surface area contributed by atoms with Crippen molar-refractivity contribution in [2.45, 2.75) is 0 Å². The third-order valence-electron chi connectivity index (χ3n) is 5.03. The van der Waals surface area contributed by atoms with E-state index in [2.05, 4.69) is 0 Å². The van der Waals surface area contributed by atoms with Crippen LogP contribution in [0.2, 0.25) is 0 Å². The lowest BCUT2D eigenvalue weighted by Crippen LogP contribution is -2.04. The first kappa shape index (κ1) is 16.0. The van der Waals surface area contributed by atoms with Gasteiger partial charge in [-0.2, -0.15) is 0 Å². The van der Waals surface area contributed by atoms with Crippen molar-refractivity contribution in [2.24, 2.45) is 0 Å². The average molecular weight is 368 g/mol. The van der Waals surface area contributed by atoms with Gasteiger partial charge in [-0.1, -0.05) is 54.6 Å². The van der Waals surface area contributed by atoms with E-state index in [1.807, 2.05) is 30.3 Å². The number of fused-ring (bicyclic) bond motifs is 3. The number of hydrogen-bond donors (Lipinski definition) is 0. The van der Waals surface area contributed by atoms with Crippen LogP contribution in [0, 0.1) is 29.1 Å². The van der Waals surface area contributed by atoms with Gasteiger partial charge in [-0.15, -0.1) is 0 Å². The molecule has 0 atom stereocenters. The smallest absolute Gasteiger partial charge is 0.200 e. The normalized spacial score (nSPS) is 11.9. The highest BCUT2D eigenvalue weighted by Crippen LogP contribution is 2.49. The third kappa shape index (κ3) is 1.97. The summed E-state index contributed by atoms with van der Waals surface area (Å²) in [6, 6.07) is 15.9. The molecular weight excluding hydrogens is 359 g/mol. The highest BCUT2D eigenvalue weighted by atomic mass is 19.2. The summed E-state index contributed by atoms with van der Waals surface area (Å²) in [6.45, 7) is 0. The summed E-state index contributed by atoms with van der Waals surface area (Å²) in [7, 11) is 0. The van der Waals surface area contributed by atoms with E-state index < -0.39 is 34.6 Å². The van der Waals surface area contributed by atoms with Crippen LogP contribution in [0.5, 0.6) is 0 Å². The number of benzene rings is 4. The van der Waals surface area contributed by atoms with Gasteiger partial charge in [-0.25, -0.2) is 22.0 Å². The first-order valence-corrected chi connectivity index (χ1v) is 8.18. The summed E-state index contributed by atoms with van der Waals surface area (Å²) in [6.07, 6.45) is 0. The van der Waals surface area contributed by atoms with Crippen LogP contribution in [0.3, 0.4) is 0 Å². The molecule has 0 aromatic heterocycles. The lowest BCUT2D eigenvalue weighted by atomic mass is 9.93. The second kappa shape index (κ2) is 5.39. The molecule has 0 amide bonds. The Hall–Kier alpha value is -3.21. The molecule has 132 valence electrons. The minimum Gasteiger partial charge on any atom is -0.203 e. The van der Waals surface area contributed by atoms with Gasteiger partial charge in [0.15, 0.2) is 23.3 Å². The Morgan fingerprint density at radius 3 is 1.52 bits per heavy atom. The topological polar surface area (TPSA) is 0 Å². The maximum absolute atomic E-state index is 14.4. The van der Waals surface area contributed by atoms with E-state index in [0.29, 0.717) is 5.39 Å². The maximum atomic E-state index is 14.4. The number of rotatable bonds is 1. The highest BCUT2D eigenvalue weighted by molar-refractivity contribution is 6.18. The molecular formula is C22H9F5. The molecule has 0 saturated heterocycles. The molecule has 4 aromatic carbocycles. The van der Waals surface area contributed by atoms with Crippen LogP contribution >= 0.6 is 0 Å². The molecule has 0 fully saturated rings. The van der Waals surface area contributed by atoms with Crippen molar-refractivity contribution in [1.82, 2.24) is 0 Å². The molecule has 1 aliphatic rings. The molecule has 0 radical (unpaired) electrons. The summed E-state index contributed by atoms with van der Waals surface area (Å²) in [5.41, 5.74) is 2.72. The Morgan fingerprint density at radius 2 is 0.889 bits per heavy atom. The molecule has 0 heterocycles. The molecule has 5 heteroatoms. The Morgan fingerprint density at radius 1 is 0.407 bits per heavy atom. The molecule has 1 aliphatic carbocycles. The van der Waals surface area contributed by atoms with Crippen LogP contribution in [0.25, 0.3) is 44.2 Å². The van der Waals surface area contributed by atoms with Crippen LogP contribution in [0.15, 0.2) is 54.6 Å². The zero-order chi connectivity index (χ0) is 18.9. The number of halogens is 5. The Kier molecular flexibility index (Phi) is 3.20. The van der Waals surface area contributed by atoms with Gasteiger partial charge in [0.1, 0.15) is 0 Å². The summed E-state index contributed by atoms with van der Waals surface area (Å²) in [5.74, 6) is -9.72. The fourth-order valence-corrected chi connectivity index (χ4v) is 3.87. The van der Waals surface area contributed by atoms with Gasteiger partial charge in [0, 0.05) is 0 Å². The minimum atomic E-state index is -2.16. The van der Waals surface area contributed by atoms with E-state index in [4.69, 9.17) is 0 Å². The van der Waals surface area contributed by atoms with Crippen molar-refractivity contribution >= 4 is 10.8 Å². The molecule has 0 unspecified atom stereocenters. The fraction of sp³-hybridized carbons (Fsp3) is 0. The summed E-state index contributed by atoms with van der Waals surface area (Å²) in [4.78, 5) is 0. The summed E-state index contributed by atoms with van der Waals surface area (Å²) >= 11 is 0. The molecule has 0 saturated carbocycles. The Labute approximate surface area is 150 Å². The summed E-state index contributed by atoms with van der Waals surface area (Å²) in [5, 5.41) is 1.17. The molecule has 4 aromatic rings. The van der Waals surface area contributed by atoms with E-state index in [0.717, 1.165) is 27.6 Å². The lowest BCUT2D eigenvalue weighted by Gasteiger charge is -2.12. The molecule has 0 bridgehead atoms. The molecule has 0 N–H and O–H groups in total. The van der Waals surface area contributed by atoms with Crippen molar-refractivity contribution < 1.29 is 22.0 Å². The average Bonchev–Trinajstić information content (AvgIpc) is 3.02. The van der Waals surface area contributed by atoms with E-state index >= 15 is 0 Å². The Bertz CT molecular complexity index is 1220. The van der Waals surface area contributed by atoms with Crippen molar-refractivity contribution in [2.75, 3.05) is 0 Å². The number of hydrogen-bond acceptors (Lipinski definition) is 0. The van der Waals surface area contributed by atoms with Crippen LogP contribution in [0.4, 0.5) is 22.0 Å². The Balaban J connectivity index is 1.92. The van der Waals surface area contributed by atoms with Crippen molar-refractivity contribution in [3.8, 4) is 33.4 Å². The van der Waals surface area contributed by atoms with Gasteiger partial charge in [-0.05, 0) is 38.6 Å². The predicted octanol–water partition coefficient (Wildman–Crippen LogP) is 6.85. The van der Waals surface area contributed by atoms with Crippen LogP contribution < -0.4 is 0 Å². The molecule has 0 aliphatic heterocycles. The lowest BCUT2D eigenvalue weighted by molar-refractivity contribution is 0.381. The first-order valence-electron chi connectivity index (χ1n) is 8.18. The van der Waals surface area contributed by atoms with Crippen molar-refractivity contribution in [1.29, 1.82) is 0 Å². The maximum Gasteiger partial charge on any atom is 0.200 e. The zero-order valence-electron chi connectivity index (χ0n) is 13.6. The third-order valence-corrected chi connectivity index (χ3v) is 5.03. The van der Waals surface area contributed by atoms with Gasteiger partial charge in [0.25, 0.3) is 0 Å². The van der Waals surface area contributed by atoms with E-state index in [9.17, 15) is 22.0 Å². The fourth-order valence-electron chi connectivity index (χ4n) is 3.87. The molecule has 27 heavy (non-hydrogen) atoms. The molecule has 0 nitrogen and oxygen atoms in total. The van der Waals surface area contributed by atoms with Gasteiger partial charge in [0.05, 0.1) is 5.56 Å². The van der Waals surface area contributed by atoms with Gasteiger partial charge in [-0.3, -0.25) is 0 Å². The second-order valence-corrected chi connectivity index (χ2v) is 6.38. The monoisotopic (exact) mass is 368 g/mol. The minimum absolute atomic E-state index is 0.0313. The van der Waals surface area contributed by atoms with E-state index in [-0.39, 0.29) is 5.56 Å². The SMILES string of the molecule is Fc1c(F)c(F)c(-c2ccc3c4c(cccc24)-c2ccccc2-3)c(F)c1F. The summed E-state index contributed by atoms with van der Waals surface area (Å²) < 4.78 is 69.6. The van der Waals surface area contributed by atoms with Crippen molar-refractivity contribution in [3.05, 3.63) is 83.7 Å². The van der Waals surface area contributed by atoms with E-state index in [1.54, 1.807) is 18.2 Å². The molecule has 0 spiro atoms. The van der Waals surface area contributed by atoms with Gasteiger partial charge >= 0.3 is 0 Å². The standard InChI is InChI=1S/C22H9F5/c23-18-17(19(24)21(26)22(27)20(18)25)15-9-8-14-11-5-2-1-4-10(11)12-6-3-7-13(15)16(12)14/h1-9H. The highest BCUT2D eigenvalue weighted by Gasteiger charge is 2.29. The van der Waals surface area contributed by atoms with Crippen molar-refractivity contribution in [3.63, 3.8) is 0 Å². The van der Waals surface area contributed by atoms with E-state index in [1.165, 1.54) is 6.07 Å². The predicted molar refractivity (Wildman–Crippen MR) is 93.6 cm³/mol. The quantitative estimate of drug-likeness (QED) is 0.172. The van der Waals surface area contributed by atoms with Gasteiger partial charge in [0.2, 0.25) is 5.82 Å². The second-order valence-electron chi connectivity index (χ2n) is 6.38. The zero-order valence-corrected chi connectivity index (χ0v) is 13.6. The van der Waals surface area contributed by atoms with Crippen LogP contribution in [0.1, 0.15) is 0 Å². The first-order chi connectivity index (χ1) is 13.0. The largest absolute Gasteiger partial charge is 0.203 e. The van der Waals surface area contributed by atoms with Gasteiger partial charge < -0.3 is 0 Å². The molecule has 5 rings (SSSR count).